The fourth-order valence-electron chi connectivity index (χ4n) is 3.56. The third-order valence-corrected chi connectivity index (χ3v) is 5.34. The zero-order valence-corrected chi connectivity index (χ0v) is 20.6. The molecule has 0 fully saturated rings. The quantitative estimate of drug-likeness (QED) is 0.241. The number of nitrogens with zero attached hydrogens (tertiary/aromatic N) is 2. The first-order valence-corrected chi connectivity index (χ1v) is 10.7. The van der Waals surface area contributed by atoms with E-state index in [1.807, 2.05) is 24.0 Å². The minimum absolute atomic E-state index is 0. The summed E-state index contributed by atoms with van der Waals surface area (Å²) >= 11 is 0. The molecule has 0 aliphatic carbocycles. The highest BCUT2D eigenvalue weighted by Gasteiger charge is 2.19. The number of nitrogens with one attached hydrogen (secondary N) is 2. The normalized spacial score (nSPS) is 13.3. The molecule has 0 unspecified atom stereocenters. The number of benzene rings is 2. The van der Waals surface area contributed by atoms with Crippen LogP contribution in [0.1, 0.15) is 42.0 Å². The standard InChI is InChI=1S/C24H31FN4O.HI/c1-3-26-24(28-16-19-11-10-18(2)22(25)15-19)27-13-6-9-23(30)29-14-12-20-7-4-5-8-21(20)17-29;/h4-5,7-8,10-11,15H,3,6,9,12-14,16-17H2,1-2H3,(H2,26,27,28);1H. The van der Waals surface area contributed by atoms with Crippen molar-refractivity contribution in [2.75, 3.05) is 19.6 Å². The van der Waals surface area contributed by atoms with Gasteiger partial charge in [-0.15, -0.1) is 24.0 Å². The first-order valence-electron chi connectivity index (χ1n) is 10.7. The second-order valence-electron chi connectivity index (χ2n) is 7.64. The van der Waals surface area contributed by atoms with Crippen molar-refractivity contribution in [3.63, 3.8) is 0 Å². The summed E-state index contributed by atoms with van der Waals surface area (Å²) in [6.07, 6.45) is 2.18. The molecule has 0 saturated carbocycles. The molecule has 7 heteroatoms. The van der Waals surface area contributed by atoms with Gasteiger partial charge in [-0.25, -0.2) is 9.38 Å². The molecule has 0 aromatic heterocycles. The summed E-state index contributed by atoms with van der Waals surface area (Å²) in [5.41, 5.74) is 4.07. The monoisotopic (exact) mass is 538 g/mol. The van der Waals surface area contributed by atoms with Crippen molar-refractivity contribution in [3.8, 4) is 0 Å². The first-order chi connectivity index (χ1) is 14.6. The molecule has 31 heavy (non-hydrogen) atoms. The number of rotatable bonds is 7. The van der Waals surface area contributed by atoms with E-state index in [1.165, 1.54) is 17.2 Å². The third kappa shape index (κ3) is 7.48. The van der Waals surface area contributed by atoms with Gasteiger partial charge in [-0.2, -0.15) is 0 Å². The molecule has 2 aromatic rings. The molecule has 0 saturated heterocycles. The van der Waals surface area contributed by atoms with Crippen molar-refractivity contribution in [2.24, 2.45) is 4.99 Å². The van der Waals surface area contributed by atoms with Crippen LogP contribution in [0.2, 0.25) is 0 Å². The van der Waals surface area contributed by atoms with Crippen molar-refractivity contribution in [2.45, 2.75) is 46.2 Å². The van der Waals surface area contributed by atoms with E-state index in [9.17, 15) is 9.18 Å². The van der Waals surface area contributed by atoms with E-state index < -0.39 is 0 Å². The van der Waals surface area contributed by atoms with E-state index >= 15 is 0 Å². The number of aryl methyl sites for hydroxylation is 1. The molecule has 3 rings (SSSR count). The zero-order chi connectivity index (χ0) is 21.3. The van der Waals surface area contributed by atoms with Crippen LogP contribution in [0.3, 0.4) is 0 Å². The molecule has 1 aliphatic heterocycles. The van der Waals surface area contributed by atoms with Crippen molar-refractivity contribution >= 4 is 35.8 Å². The molecular weight excluding hydrogens is 506 g/mol. The number of halogens is 2. The van der Waals surface area contributed by atoms with Crippen LogP contribution >= 0.6 is 24.0 Å². The van der Waals surface area contributed by atoms with Gasteiger partial charge in [0.1, 0.15) is 5.82 Å². The smallest absolute Gasteiger partial charge is 0.222 e. The summed E-state index contributed by atoms with van der Waals surface area (Å²) in [6.45, 7) is 7.04. The van der Waals surface area contributed by atoms with E-state index in [0.717, 1.165) is 31.5 Å². The molecule has 1 aliphatic rings. The third-order valence-electron chi connectivity index (χ3n) is 5.34. The number of guanidine groups is 1. The van der Waals surface area contributed by atoms with Crippen LogP contribution < -0.4 is 10.6 Å². The number of hydrogen-bond acceptors (Lipinski definition) is 2. The van der Waals surface area contributed by atoms with Crippen LogP contribution in [0.25, 0.3) is 0 Å². The Hall–Kier alpha value is -2.16. The summed E-state index contributed by atoms with van der Waals surface area (Å²) in [7, 11) is 0. The van der Waals surface area contributed by atoms with E-state index in [2.05, 4.69) is 33.8 Å². The van der Waals surface area contributed by atoms with Gasteiger partial charge in [0.2, 0.25) is 5.91 Å². The molecule has 2 N–H and O–H groups in total. The Morgan fingerprint density at radius 1 is 1.16 bits per heavy atom. The Labute approximate surface area is 201 Å². The Morgan fingerprint density at radius 3 is 2.68 bits per heavy atom. The molecule has 5 nitrogen and oxygen atoms in total. The lowest BCUT2D eigenvalue weighted by molar-refractivity contribution is -0.132. The van der Waals surface area contributed by atoms with Crippen molar-refractivity contribution in [1.29, 1.82) is 0 Å². The van der Waals surface area contributed by atoms with E-state index in [0.29, 0.717) is 37.6 Å². The van der Waals surface area contributed by atoms with E-state index in [4.69, 9.17) is 0 Å². The fourth-order valence-corrected chi connectivity index (χ4v) is 3.56. The molecular formula is C24H32FIN4O. The Balaban J connectivity index is 0.00000341. The summed E-state index contributed by atoms with van der Waals surface area (Å²) in [5.74, 6) is 0.667. The second kappa shape index (κ2) is 12.6. The van der Waals surface area contributed by atoms with Gasteiger partial charge in [-0.05, 0) is 55.0 Å². The van der Waals surface area contributed by atoms with Gasteiger partial charge < -0.3 is 15.5 Å². The van der Waals surface area contributed by atoms with Crippen molar-refractivity contribution in [1.82, 2.24) is 15.5 Å². The predicted molar refractivity (Wildman–Crippen MR) is 134 cm³/mol. The van der Waals surface area contributed by atoms with Crippen molar-refractivity contribution < 1.29 is 9.18 Å². The number of fused-ring (bicyclic) bond motifs is 1. The highest BCUT2D eigenvalue weighted by atomic mass is 127. The Morgan fingerprint density at radius 2 is 1.94 bits per heavy atom. The van der Waals surface area contributed by atoms with Crippen LogP contribution in [0.5, 0.6) is 0 Å². The van der Waals surface area contributed by atoms with Crippen molar-refractivity contribution in [3.05, 3.63) is 70.5 Å². The molecule has 1 amide bonds. The number of carbonyl (C=O) groups is 1. The summed E-state index contributed by atoms with van der Waals surface area (Å²) in [6, 6.07) is 13.5. The molecule has 0 atom stereocenters. The average Bonchev–Trinajstić information content (AvgIpc) is 2.76. The number of carbonyl (C=O) groups excluding carboxylic acids is 1. The van der Waals surface area contributed by atoms with Gasteiger partial charge in [0, 0.05) is 32.6 Å². The highest BCUT2D eigenvalue weighted by Crippen LogP contribution is 2.19. The maximum absolute atomic E-state index is 13.7. The van der Waals surface area contributed by atoms with E-state index in [1.54, 1.807) is 13.0 Å². The van der Waals surface area contributed by atoms with Gasteiger partial charge in [-0.3, -0.25) is 4.79 Å². The Kier molecular flexibility index (Phi) is 10.2. The first kappa shape index (κ1) is 25.1. The van der Waals surface area contributed by atoms with Crippen LogP contribution in [0.15, 0.2) is 47.5 Å². The van der Waals surface area contributed by atoms with Gasteiger partial charge in [0.15, 0.2) is 5.96 Å². The number of amides is 1. The molecule has 1 heterocycles. The van der Waals surface area contributed by atoms with Gasteiger partial charge in [0.25, 0.3) is 0 Å². The summed E-state index contributed by atoms with van der Waals surface area (Å²) < 4.78 is 13.7. The van der Waals surface area contributed by atoms with Crippen LogP contribution in [0.4, 0.5) is 4.39 Å². The topological polar surface area (TPSA) is 56.7 Å². The average molecular weight is 538 g/mol. The molecule has 0 radical (unpaired) electrons. The van der Waals surface area contributed by atoms with Gasteiger partial charge in [-0.1, -0.05) is 36.4 Å². The minimum atomic E-state index is -0.209. The number of hydrogen-bond donors (Lipinski definition) is 2. The molecule has 168 valence electrons. The van der Waals surface area contributed by atoms with Crippen LogP contribution in [-0.2, 0) is 24.3 Å². The fraction of sp³-hybridized carbons (Fsp3) is 0.417. The largest absolute Gasteiger partial charge is 0.357 e. The minimum Gasteiger partial charge on any atom is -0.357 e. The highest BCUT2D eigenvalue weighted by molar-refractivity contribution is 14.0. The van der Waals surface area contributed by atoms with Crippen LogP contribution in [0, 0.1) is 12.7 Å². The number of aliphatic imine (C=N–C) groups is 1. The second-order valence-corrected chi connectivity index (χ2v) is 7.64. The molecule has 2 aromatic carbocycles. The summed E-state index contributed by atoms with van der Waals surface area (Å²) in [5, 5.41) is 6.46. The lowest BCUT2D eigenvalue weighted by atomic mass is 9.99. The zero-order valence-electron chi connectivity index (χ0n) is 18.3. The maximum Gasteiger partial charge on any atom is 0.222 e. The van der Waals surface area contributed by atoms with Crippen LogP contribution in [-0.4, -0.2) is 36.4 Å². The lowest BCUT2D eigenvalue weighted by Gasteiger charge is -2.29. The Bertz CT molecular complexity index is 903. The molecule has 0 spiro atoms. The molecule has 0 bridgehead atoms. The van der Waals surface area contributed by atoms with Gasteiger partial charge in [0.05, 0.1) is 6.54 Å². The summed E-state index contributed by atoms with van der Waals surface area (Å²) in [4.78, 5) is 19.0. The lowest BCUT2D eigenvalue weighted by Crippen LogP contribution is -2.39. The maximum atomic E-state index is 13.7. The SMILES string of the molecule is CCNC(=NCc1ccc(C)c(F)c1)NCCCC(=O)N1CCc2ccccc2C1.I. The van der Waals surface area contributed by atoms with Gasteiger partial charge >= 0.3 is 0 Å². The van der Waals surface area contributed by atoms with E-state index in [-0.39, 0.29) is 35.7 Å². The predicted octanol–water partition coefficient (Wildman–Crippen LogP) is 4.17.